The van der Waals surface area contributed by atoms with Gasteiger partial charge < -0.3 is 16.0 Å². The molecule has 0 aliphatic rings. The summed E-state index contributed by atoms with van der Waals surface area (Å²) in [6, 6.07) is 3.52. The fourth-order valence-electron chi connectivity index (χ4n) is 2.67. The number of aromatic amines is 1. The van der Waals surface area contributed by atoms with E-state index in [0.717, 1.165) is 17.7 Å². The van der Waals surface area contributed by atoms with E-state index in [1.807, 2.05) is 12.3 Å². The summed E-state index contributed by atoms with van der Waals surface area (Å²) in [5.41, 5.74) is 4.68. The number of carbonyl (C=O) groups is 2. The van der Waals surface area contributed by atoms with Crippen molar-refractivity contribution in [2.45, 2.75) is 39.2 Å². The van der Waals surface area contributed by atoms with Crippen molar-refractivity contribution in [3.63, 3.8) is 0 Å². The number of anilines is 2. The second kappa shape index (κ2) is 9.88. The number of nitrogens with two attached hydrogens (primary N) is 1. The summed E-state index contributed by atoms with van der Waals surface area (Å²) in [5, 5.41) is 4.56. The molecule has 0 bridgehead atoms. The molecule has 28 heavy (non-hydrogen) atoms. The molecule has 9 nitrogen and oxygen atoms in total. The molecule has 0 saturated heterocycles. The van der Waals surface area contributed by atoms with Crippen LogP contribution in [0.2, 0.25) is 0 Å². The molecule has 0 radical (unpaired) electrons. The number of unbranched alkanes of at least 4 members (excludes halogenated alkanes) is 1. The molecule has 0 aliphatic heterocycles. The lowest BCUT2D eigenvalue weighted by Gasteiger charge is -2.20. The van der Waals surface area contributed by atoms with Gasteiger partial charge in [-0.3, -0.25) is 23.9 Å². The second-order valence-corrected chi connectivity index (χ2v) is 7.24. The maximum absolute atomic E-state index is 12.5. The van der Waals surface area contributed by atoms with Crippen LogP contribution in [-0.2, 0) is 11.3 Å². The van der Waals surface area contributed by atoms with E-state index in [0.29, 0.717) is 24.4 Å². The molecule has 2 aromatic rings. The summed E-state index contributed by atoms with van der Waals surface area (Å²) in [7, 11) is 1.45. The number of aromatic nitrogens is 2. The first-order chi connectivity index (χ1) is 13.4. The van der Waals surface area contributed by atoms with Gasteiger partial charge in [0.05, 0.1) is 4.88 Å². The third kappa shape index (κ3) is 5.10. The Labute approximate surface area is 166 Å². The number of amides is 2. The number of rotatable bonds is 9. The Balaban J connectivity index is 1.99. The van der Waals surface area contributed by atoms with Crippen molar-refractivity contribution in [3.05, 3.63) is 43.2 Å². The third-order valence-corrected chi connectivity index (χ3v) is 5.13. The zero-order valence-electron chi connectivity index (χ0n) is 16.0. The number of nitrogens with one attached hydrogen (secondary N) is 2. The Morgan fingerprint density at radius 1 is 1.32 bits per heavy atom. The molecule has 0 saturated carbocycles. The molecule has 2 rings (SSSR count). The number of hydrogen-bond acceptors (Lipinski definition) is 6. The van der Waals surface area contributed by atoms with E-state index in [1.165, 1.54) is 23.0 Å². The van der Waals surface area contributed by atoms with Crippen LogP contribution in [0.25, 0.3) is 0 Å². The molecule has 152 valence electrons. The molecule has 2 aromatic heterocycles. The summed E-state index contributed by atoms with van der Waals surface area (Å²) < 4.78 is 1.27. The molecule has 0 spiro atoms. The normalized spacial score (nSPS) is 10.6. The predicted molar refractivity (Wildman–Crippen MR) is 110 cm³/mol. The van der Waals surface area contributed by atoms with Gasteiger partial charge in [0.25, 0.3) is 11.5 Å². The van der Waals surface area contributed by atoms with Gasteiger partial charge in [-0.25, -0.2) is 4.79 Å². The molecule has 2 amide bonds. The number of nitrogens with zero attached hydrogens (tertiary/aromatic N) is 2. The van der Waals surface area contributed by atoms with Gasteiger partial charge in [0.15, 0.2) is 5.69 Å². The third-order valence-electron chi connectivity index (χ3n) is 4.26. The van der Waals surface area contributed by atoms with E-state index in [2.05, 4.69) is 10.3 Å². The molecule has 0 fully saturated rings. The van der Waals surface area contributed by atoms with Crippen LogP contribution < -0.4 is 27.2 Å². The van der Waals surface area contributed by atoms with E-state index < -0.39 is 11.2 Å². The van der Waals surface area contributed by atoms with Crippen molar-refractivity contribution in [2.75, 3.05) is 24.2 Å². The van der Waals surface area contributed by atoms with Crippen molar-refractivity contribution < 1.29 is 9.59 Å². The highest BCUT2D eigenvalue weighted by Gasteiger charge is 2.20. The van der Waals surface area contributed by atoms with Crippen molar-refractivity contribution in [3.8, 4) is 0 Å². The minimum Gasteiger partial charge on any atom is -0.383 e. The topological polar surface area (TPSA) is 130 Å². The summed E-state index contributed by atoms with van der Waals surface area (Å²) in [5.74, 6) is -0.535. The first-order valence-electron chi connectivity index (χ1n) is 9.07. The van der Waals surface area contributed by atoms with Crippen LogP contribution in [0.4, 0.5) is 11.5 Å². The standard InChI is InChI=1S/C18H25N5O4S/c1-3-4-10-23-15(19)14(17(26)21-18(23)27)22(2)13(24)8-5-9-20-16(25)12-7-6-11-28-12/h6-7,11H,3-5,8-10,19H2,1-2H3,(H,20,25)(H,21,26,27). The Morgan fingerprint density at radius 2 is 2.07 bits per heavy atom. The van der Waals surface area contributed by atoms with Crippen molar-refractivity contribution in [2.24, 2.45) is 0 Å². The van der Waals surface area contributed by atoms with Crippen LogP contribution in [0.15, 0.2) is 27.1 Å². The molecule has 0 aromatic carbocycles. The summed E-state index contributed by atoms with van der Waals surface area (Å²) in [4.78, 5) is 52.4. The number of hydrogen-bond donors (Lipinski definition) is 3. The van der Waals surface area contributed by atoms with Gasteiger partial charge in [-0.1, -0.05) is 19.4 Å². The predicted octanol–water partition coefficient (Wildman–Crippen LogP) is 1.15. The summed E-state index contributed by atoms with van der Waals surface area (Å²) in [6.07, 6.45) is 2.10. The van der Waals surface area contributed by atoms with Gasteiger partial charge >= 0.3 is 5.69 Å². The van der Waals surface area contributed by atoms with E-state index in [4.69, 9.17) is 5.73 Å². The van der Waals surface area contributed by atoms with E-state index in [-0.39, 0.29) is 29.7 Å². The largest absolute Gasteiger partial charge is 0.383 e. The monoisotopic (exact) mass is 407 g/mol. The van der Waals surface area contributed by atoms with Crippen LogP contribution in [0.3, 0.4) is 0 Å². The maximum atomic E-state index is 12.5. The first kappa shape index (κ1) is 21.4. The number of thiophene rings is 1. The van der Waals surface area contributed by atoms with Gasteiger partial charge in [-0.15, -0.1) is 11.3 Å². The van der Waals surface area contributed by atoms with Crippen LogP contribution in [-0.4, -0.2) is 35.0 Å². The van der Waals surface area contributed by atoms with E-state index in [9.17, 15) is 19.2 Å². The number of nitrogen functional groups attached to an aromatic ring is 1. The highest BCUT2D eigenvalue weighted by atomic mass is 32.1. The molecule has 0 aliphatic carbocycles. The van der Waals surface area contributed by atoms with Gasteiger partial charge in [0.1, 0.15) is 5.82 Å². The van der Waals surface area contributed by atoms with E-state index >= 15 is 0 Å². The highest BCUT2D eigenvalue weighted by Crippen LogP contribution is 2.16. The van der Waals surface area contributed by atoms with Crippen LogP contribution in [0.5, 0.6) is 0 Å². The number of carbonyl (C=O) groups excluding carboxylic acids is 2. The lowest BCUT2D eigenvalue weighted by Crippen LogP contribution is -2.39. The molecule has 2 heterocycles. The fraction of sp³-hybridized carbons (Fsp3) is 0.444. The average Bonchev–Trinajstić information content (AvgIpc) is 3.19. The minimum atomic E-state index is -0.697. The van der Waals surface area contributed by atoms with Crippen molar-refractivity contribution in [1.82, 2.24) is 14.9 Å². The number of H-pyrrole nitrogens is 1. The Morgan fingerprint density at radius 3 is 2.71 bits per heavy atom. The summed E-state index contributed by atoms with van der Waals surface area (Å²) >= 11 is 1.34. The molecule has 10 heteroatoms. The Hall–Kier alpha value is -2.88. The SMILES string of the molecule is CCCCn1c(N)c(N(C)C(=O)CCCNC(=O)c2cccs2)c(=O)[nH]c1=O. The maximum Gasteiger partial charge on any atom is 0.330 e. The summed E-state index contributed by atoms with van der Waals surface area (Å²) in [6.45, 7) is 2.67. The van der Waals surface area contributed by atoms with Crippen LogP contribution >= 0.6 is 11.3 Å². The molecular formula is C18H25N5O4S. The van der Waals surface area contributed by atoms with E-state index in [1.54, 1.807) is 12.1 Å². The van der Waals surface area contributed by atoms with Crippen LogP contribution in [0, 0.1) is 0 Å². The zero-order valence-corrected chi connectivity index (χ0v) is 16.8. The van der Waals surface area contributed by atoms with Gasteiger partial charge in [-0.2, -0.15) is 0 Å². The Bertz CT molecular complexity index is 932. The quantitative estimate of drug-likeness (QED) is 0.537. The molecule has 0 atom stereocenters. The first-order valence-corrected chi connectivity index (χ1v) is 9.95. The van der Waals surface area contributed by atoms with Crippen molar-refractivity contribution in [1.29, 1.82) is 0 Å². The second-order valence-electron chi connectivity index (χ2n) is 6.29. The lowest BCUT2D eigenvalue weighted by molar-refractivity contribution is -0.118. The molecule has 0 unspecified atom stereocenters. The lowest BCUT2D eigenvalue weighted by atomic mass is 10.2. The fourth-order valence-corrected chi connectivity index (χ4v) is 3.31. The van der Waals surface area contributed by atoms with Crippen molar-refractivity contribution >= 4 is 34.7 Å². The van der Waals surface area contributed by atoms with Gasteiger partial charge in [0, 0.05) is 26.6 Å². The smallest absolute Gasteiger partial charge is 0.330 e. The minimum absolute atomic E-state index is 0.0240. The van der Waals surface area contributed by atoms with Crippen LogP contribution in [0.1, 0.15) is 42.3 Å². The highest BCUT2D eigenvalue weighted by molar-refractivity contribution is 7.12. The average molecular weight is 407 g/mol. The molecule has 4 N–H and O–H groups in total. The Kier molecular flexibility index (Phi) is 7.56. The zero-order chi connectivity index (χ0) is 20.7. The van der Waals surface area contributed by atoms with Gasteiger partial charge in [0.2, 0.25) is 5.91 Å². The van der Waals surface area contributed by atoms with Gasteiger partial charge in [-0.05, 0) is 24.3 Å². The molecular weight excluding hydrogens is 382 g/mol.